The van der Waals surface area contributed by atoms with Gasteiger partial charge in [-0.25, -0.2) is 9.78 Å². The molecule has 0 fully saturated rings. The molecule has 0 atom stereocenters. The fraction of sp³-hybridized carbons (Fsp3) is 0.423. The number of carbonyl (C=O) groups is 2. The van der Waals surface area contributed by atoms with Crippen molar-refractivity contribution in [3.05, 3.63) is 35.7 Å². The van der Waals surface area contributed by atoms with E-state index in [9.17, 15) is 9.59 Å². The molecule has 0 bridgehead atoms. The number of aromatic nitrogens is 2. The van der Waals surface area contributed by atoms with Crippen molar-refractivity contribution in [2.75, 3.05) is 39.1 Å². The minimum absolute atomic E-state index is 0.270. The zero-order chi connectivity index (χ0) is 26.4. The number of anilines is 2. The summed E-state index contributed by atoms with van der Waals surface area (Å²) in [6.07, 6.45) is 2.52. The second-order valence-corrected chi connectivity index (χ2v) is 8.69. The summed E-state index contributed by atoms with van der Waals surface area (Å²) in [6.45, 7) is 6.54. The minimum Gasteiger partial charge on any atom is -0.496 e. The highest BCUT2D eigenvalue weighted by Crippen LogP contribution is 2.36. The topological polar surface area (TPSA) is 113 Å². The van der Waals surface area contributed by atoms with Crippen LogP contribution in [0.25, 0.3) is 11.0 Å². The number of benzene rings is 1. The number of hydrogen-bond acceptors (Lipinski definition) is 8. The van der Waals surface area contributed by atoms with Crippen molar-refractivity contribution in [1.82, 2.24) is 9.55 Å². The Kier molecular flexibility index (Phi) is 8.63. The fourth-order valence-electron chi connectivity index (χ4n) is 3.98. The molecule has 2 aromatic heterocycles. The Morgan fingerprint density at radius 2 is 1.69 bits per heavy atom. The molecule has 3 rings (SSSR count). The summed E-state index contributed by atoms with van der Waals surface area (Å²) in [5, 5.41) is 6.78. The molecule has 10 heteroatoms. The molecule has 36 heavy (non-hydrogen) atoms. The first-order valence-electron chi connectivity index (χ1n) is 11.6. The monoisotopic (exact) mass is 498 g/mol. The Balaban J connectivity index is 2.07. The van der Waals surface area contributed by atoms with E-state index < -0.39 is 5.97 Å². The van der Waals surface area contributed by atoms with Crippen LogP contribution in [0.15, 0.2) is 24.4 Å². The lowest BCUT2D eigenvalue weighted by Gasteiger charge is -2.16. The van der Waals surface area contributed by atoms with Crippen LogP contribution in [0.5, 0.6) is 17.2 Å². The molecule has 0 spiro atoms. The number of amides is 1. The maximum absolute atomic E-state index is 12.8. The van der Waals surface area contributed by atoms with E-state index in [0.717, 1.165) is 12.0 Å². The predicted octanol–water partition coefficient (Wildman–Crippen LogP) is 4.47. The van der Waals surface area contributed by atoms with E-state index in [1.165, 1.54) is 14.0 Å². The van der Waals surface area contributed by atoms with Crippen LogP contribution in [0, 0.1) is 5.92 Å². The van der Waals surface area contributed by atoms with Crippen LogP contribution in [-0.4, -0.2) is 49.9 Å². The summed E-state index contributed by atoms with van der Waals surface area (Å²) >= 11 is 0. The highest BCUT2D eigenvalue weighted by Gasteiger charge is 2.26. The first kappa shape index (κ1) is 26.7. The van der Waals surface area contributed by atoms with Gasteiger partial charge in [0.25, 0.3) is 0 Å². The summed E-state index contributed by atoms with van der Waals surface area (Å²) in [5.41, 5.74) is 2.72. The van der Waals surface area contributed by atoms with Crippen LogP contribution in [0.1, 0.15) is 43.2 Å². The maximum Gasteiger partial charge on any atom is 0.356 e. The van der Waals surface area contributed by atoms with E-state index in [1.54, 1.807) is 39.7 Å². The first-order valence-corrected chi connectivity index (χ1v) is 11.6. The molecule has 3 aromatic rings. The van der Waals surface area contributed by atoms with Crippen molar-refractivity contribution < 1.29 is 28.5 Å². The third-order valence-electron chi connectivity index (χ3n) is 5.79. The number of methoxy groups -OCH3 is 4. The number of nitrogens with zero attached hydrogens (tertiary/aromatic N) is 2. The highest BCUT2D eigenvalue weighted by atomic mass is 16.5. The SMILES string of the molecule is COC(=O)c1c(NC(C)=O)c2cc(NCc3c(OC)cc(OC)cc3OC)cnc2n1CCC(C)C. The Hall–Kier alpha value is -3.95. The normalized spacial score (nSPS) is 10.9. The molecular formula is C26H34N4O6. The average molecular weight is 499 g/mol. The molecule has 1 aromatic carbocycles. The fourth-order valence-corrected chi connectivity index (χ4v) is 3.98. The number of rotatable bonds is 11. The van der Waals surface area contributed by atoms with Gasteiger partial charge in [0.2, 0.25) is 5.91 Å². The second kappa shape index (κ2) is 11.7. The Labute approximate surface area is 210 Å². The van der Waals surface area contributed by atoms with Gasteiger partial charge in [0, 0.05) is 37.5 Å². The van der Waals surface area contributed by atoms with Crippen molar-refractivity contribution in [3.63, 3.8) is 0 Å². The van der Waals surface area contributed by atoms with Gasteiger partial charge >= 0.3 is 5.97 Å². The third-order valence-corrected chi connectivity index (χ3v) is 5.79. The van der Waals surface area contributed by atoms with Crippen LogP contribution < -0.4 is 24.8 Å². The van der Waals surface area contributed by atoms with Gasteiger partial charge in [0.15, 0.2) is 5.69 Å². The van der Waals surface area contributed by atoms with Gasteiger partial charge in [-0.05, 0) is 18.4 Å². The van der Waals surface area contributed by atoms with E-state index in [2.05, 4.69) is 29.5 Å². The van der Waals surface area contributed by atoms with Crippen LogP contribution in [0.2, 0.25) is 0 Å². The Bertz CT molecular complexity index is 1230. The summed E-state index contributed by atoms with van der Waals surface area (Å²) < 4.78 is 23.3. The molecule has 1 amide bonds. The number of aryl methyl sites for hydroxylation is 1. The smallest absolute Gasteiger partial charge is 0.356 e. The Morgan fingerprint density at radius 3 is 2.22 bits per heavy atom. The Morgan fingerprint density at radius 1 is 1.03 bits per heavy atom. The predicted molar refractivity (Wildman–Crippen MR) is 138 cm³/mol. The maximum atomic E-state index is 12.8. The van der Waals surface area contributed by atoms with Crippen molar-refractivity contribution in [3.8, 4) is 17.2 Å². The van der Waals surface area contributed by atoms with Gasteiger partial charge in [-0.15, -0.1) is 0 Å². The van der Waals surface area contributed by atoms with Crippen molar-refractivity contribution in [1.29, 1.82) is 0 Å². The molecular weight excluding hydrogens is 464 g/mol. The van der Waals surface area contributed by atoms with E-state index >= 15 is 0 Å². The van der Waals surface area contributed by atoms with Crippen LogP contribution >= 0.6 is 0 Å². The molecule has 0 saturated heterocycles. The second-order valence-electron chi connectivity index (χ2n) is 8.69. The third kappa shape index (κ3) is 5.64. The molecule has 0 aliphatic heterocycles. The number of hydrogen-bond donors (Lipinski definition) is 2. The summed E-state index contributed by atoms with van der Waals surface area (Å²) in [7, 11) is 6.06. The quantitative estimate of drug-likeness (QED) is 0.373. The van der Waals surface area contributed by atoms with E-state index in [0.29, 0.717) is 58.7 Å². The van der Waals surface area contributed by atoms with Crippen molar-refractivity contribution in [2.24, 2.45) is 5.92 Å². The first-order chi connectivity index (χ1) is 17.2. The number of fused-ring (bicyclic) bond motifs is 1. The zero-order valence-corrected chi connectivity index (χ0v) is 21.9. The largest absolute Gasteiger partial charge is 0.496 e. The number of pyridine rings is 1. The molecule has 194 valence electrons. The van der Waals surface area contributed by atoms with Gasteiger partial charge in [0.1, 0.15) is 22.9 Å². The van der Waals surface area contributed by atoms with E-state index in [-0.39, 0.29) is 11.6 Å². The van der Waals surface area contributed by atoms with E-state index in [4.69, 9.17) is 18.9 Å². The summed E-state index contributed by atoms with van der Waals surface area (Å²) in [5.74, 6) is 1.41. The van der Waals surface area contributed by atoms with Crippen molar-refractivity contribution >= 4 is 34.3 Å². The molecule has 10 nitrogen and oxygen atoms in total. The highest BCUT2D eigenvalue weighted by molar-refractivity contribution is 6.10. The van der Waals surface area contributed by atoms with Gasteiger partial charge in [-0.2, -0.15) is 0 Å². The van der Waals surface area contributed by atoms with Gasteiger partial charge in [-0.3, -0.25) is 4.79 Å². The van der Waals surface area contributed by atoms with Crippen LogP contribution in [0.4, 0.5) is 11.4 Å². The molecule has 0 saturated carbocycles. The lowest BCUT2D eigenvalue weighted by Crippen LogP contribution is -2.16. The molecule has 0 aliphatic rings. The number of esters is 1. The molecule has 0 aliphatic carbocycles. The van der Waals surface area contributed by atoms with Crippen molar-refractivity contribution in [2.45, 2.75) is 40.3 Å². The lowest BCUT2D eigenvalue weighted by atomic mass is 10.1. The molecule has 2 heterocycles. The number of nitrogens with one attached hydrogen (secondary N) is 2. The van der Waals surface area contributed by atoms with Gasteiger partial charge < -0.3 is 34.1 Å². The average Bonchev–Trinajstić information content (AvgIpc) is 3.16. The standard InChI is InChI=1S/C26H34N4O6/c1-15(2)8-9-30-24(26(32)36-7)23(29-16(3)31)19-10-17(13-28-25(19)30)27-14-20-21(34-5)11-18(33-4)12-22(20)35-6/h10-13,15,27H,8-9,14H2,1-7H3,(H,29,31). The molecule has 2 N–H and O–H groups in total. The van der Waals surface area contributed by atoms with Gasteiger partial charge in [-0.1, -0.05) is 13.8 Å². The lowest BCUT2D eigenvalue weighted by molar-refractivity contribution is -0.114. The number of carbonyl (C=O) groups excluding carboxylic acids is 2. The number of ether oxygens (including phenoxy) is 4. The molecule has 0 radical (unpaired) electrons. The van der Waals surface area contributed by atoms with Crippen LogP contribution in [0.3, 0.4) is 0 Å². The van der Waals surface area contributed by atoms with Crippen LogP contribution in [-0.2, 0) is 22.6 Å². The summed E-state index contributed by atoms with van der Waals surface area (Å²) in [6, 6.07) is 5.43. The van der Waals surface area contributed by atoms with E-state index in [1.807, 2.05) is 10.6 Å². The summed E-state index contributed by atoms with van der Waals surface area (Å²) in [4.78, 5) is 29.5. The minimum atomic E-state index is -0.539. The zero-order valence-electron chi connectivity index (χ0n) is 21.9. The van der Waals surface area contributed by atoms with Gasteiger partial charge in [0.05, 0.1) is 51.6 Å². The molecule has 0 unspecified atom stereocenters.